The van der Waals surface area contributed by atoms with Crippen LogP contribution >= 0.6 is 11.8 Å². The number of pyridine rings is 1. The average Bonchev–Trinajstić information content (AvgIpc) is 2.43. The topological polar surface area (TPSA) is 68.0 Å². The molecule has 0 fully saturated rings. The summed E-state index contributed by atoms with van der Waals surface area (Å²) in [5.74, 6) is -0.0477. The first-order valence-electron chi connectivity index (χ1n) is 6.31. The fraction of sp³-hybridized carbons (Fsp3) is 0.200. The Bertz CT molecular complexity index is 601. The van der Waals surface area contributed by atoms with Crippen LogP contribution in [0.1, 0.15) is 12.5 Å². The third-order valence-corrected chi connectivity index (χ3v) is 3.86. The molecule has 0 radical (unpaired) electrons. The summed E-state index contributed by atoms with van der Waals surface area (Å²) in [6.45, 7) is 3.78. The third kappa shape index (κ3) is 3.74. The van der Waals surface area contributed by atoms with E-state index in [1.165, 1.54) is 11.8 Å². The van der Waals surface area contributed by atoms with E-state index in [4.69, 9.17) is 5.73 Å². The quantitative estimate of drug-likeness (QED) is 0.670. The van der Waals surface area contributed by atoms with Gasteiger partial charge in [0, 0.05) is 17.6 Å². The second-order valence-corrected chi connectivity index (χ2v) is 5.85. The van der Waals surface area contributed by atoms with Gasteiger partial charge in [-0.1, -0.05) is 17.8 Å². The molecule has 3 N–H and O–H groups in total. The number of carbonyl (C=O) groups is 1. The predicted molar refractivity (Wildman–Crippen MR) is 83.8 cm³/mol. The van der Waals surface area contributed by atoms with Crippen LogP contribution < -0.4 is 11.1 Å². The predicted octanol–water partition coefficient (Wildman–Crippen LogP) is 3.09. The minimum absolute atomic E-state index is 0.0477. The van der Waals surface area contributed by atoms with E-state index >= 15 is 0 Å². The first-order chi connectivity index (χ1) is 9.56. The summed E-state index contributed by atoms with van der Waals surface area (Å²) in [6.07, 6.45) is 1.72. The van der Waals surface area contributed by atoms with Crippen molar-refractivity contribution in [2.24, 2.45) is 0 Å². The van der Waals surface area contributed by atoms with Gasteiger partial charge in [0.25, 0.3) is 0 Å². The molecule has 5 heteroatoms. The Morgan fingerprint density at radius 1 is 1.35 bits per heavy atom. The zero-order chi connectivity index (χ0) is 14.5. The lowest BCUT2D eigenvalue weighted by Crippen LogP contribution is -2.22. The van der Waals surface area contributed by atoms with Gasteiger partial charge in [0.15, 0.2) is 0 Å². The maximum atomic E-state index is 12.2. The Morgan fingerprint density at radius 2 is 2.15 bits per heavy atom. The maximum absolute atomic E-state index is 12.2. The van der Waals surface area contributed by atoms with Crippen molar-refractivity contribution < 1.29 is 4.79 Å². The normalized spacial score (nSPS) is 11.9. The number of hydrogen-bond acceptors (Lipinski definition) is 4. The van der Waals surface area contributed by atoms with E-state index in [-0.39, 0.29) is 11.2 Å². The first-order valence-corrected chi connectivity index (χ1v) is 7.19. The zero-order valence-corrected chi connectivity index (χ0v) is 12.3. The molecule has 2 aromatic rings. The number of aryl methyl sites for hydroxylation is 1. The molecule has 1 amide bonds. The van der Waals surface area contributed by atoms with Crippen molar-refractivity contribution in [3.8, 4) is 0 Å². The Labute approximate surface area is 122 Å². The number of aromatic nitrogens is 1. The van der Waals surface area contributed by atoms with E-state index in [1.807, 2.05) is 44.2 Å². The Hall–Kier alpha value is -2.01. The van der Waals surface area contributed by atoms with Gasteiger partial charge >= 0.3 is 0 Å². The summed E-state index contributed by atoms with van der Waals surface area (Å²) in [4.78, 5) is 16.4. The molecule has 104 valence electrons. The SMILES string of the molecule is Cc1cc(N)ccc1NC(=O)C(C)Sc1ccccn1. The summed E-state index contributed by atoms with van der Waals surface area (Å²) in [5.41, 5.74) is 8.13. The van der Waals surface area contributed by atoms with Crippen molar-refractivity contribution in [1.82, 2.24) is 4.98 Å². The Balaban J connectivity index is 2.01. The van der Waals surface area contributed by atoms with Crippen molar-refractivity contribution in [3.63, 3.8) is 0 Å². The van der Waals surface area contributed by atoms with Gasteiger partial charge in [-0.15, -0.1) is 0 Å². The monoisotopic (exact) mass is 287 g/mol. The van der Waals surface area contributed by atoms with Gasteiger partial charge in [-0.05, 0) is 49.7 Å². The number of anilines is 2. The molecule has 1 aromatic carbocycles. The average molecular weight is 287 g/mol. The number of hydrogen-bond donors (Lipinski definition) is 2. The number of carbonyl (C=O) groups excluding carboxylic acids is 1. The fourth-order valence-electron chi connectivity index (χ4n) is 1.71. The highest BCUT2D eigenvalue weighted by molar-refractivity contribution is 8.00. The van der Waals surface area contributed by atoms with Crippen LogP contribution in [0.2, 0.25) is 0 Å². The minimum Gasteiger partial charge on any atom is -0.399 e. The van der Waals surface area contributed by atoms with E-state index < -0.39 is 0 Å². The van der Waals surface area contributed by atoms with Crippen LogP contribution in [0.5, 0.6) is 0 Å². The molecule has 1 atom stereocenters. The molecule has 1 heterocycles. The molecular formula is C15H17N3OS. The largest absolute Gasteiger partial charge is 0.399 e. The lowest BCUT2D eigenvalue weighted by Gasteiger charge is -2.13. The van der Waals surface area contributed by atoms with Crippen LogP contribution in [0.4, 0.5) is 11.4 Å². The molecule has 0 aliphatic carbocycles. The number of nitrogens with two attached hydrogens (primary N) is 1. The second-order valence-electron chi connectivity index (χ2n) is 4.49. The number of amides is 1. The van der Waals surface area contributed by atoms with Gasteiger partial charge in [0.05, 0.1) is 10.3 Å². The van der Waals surface area contributed by atoms with Crippen LogP contribution in [-0.2, 0) is 4.79 Å². The standard InChI is InChI=1S/C15H17N3OS/c1-10-9-12(16)6-7-13(10)18-15(19)11(2)20-14-5-3-4-8-17-14/h3-9,11H,16H2,1-2H3,(H,18,19). The lowest BCUT2D eigenvalue weighted by molar-refractivity contribution is -0.115. The molecule has 1 unspecified atom stereocenters. The summed E-state index contributed by atoms with van der Waals surface area (Å²) < 4.78 is 0. The van der Waals surface area contributed by atoms with Crippen LogP contribution in [0, 0.1) is 6.92 Å². The molecule has 0 saturated heterocycles. The van der Waals surface area contributed by atoms with E-state index in [0.29, 0.717) is 5.69 Å². The summed E-state index contributed by atoms with van der Waals surface area (Å²) in [7, 11) is 0. The molecule has 0 saturated carbocycles. The highest BCUT2D eigenvalue weighted by Crippen LogP contribution is 2.23. The smallest absolute Gasteiger partial charge is 0.237 e. The first kappa shape index (κ1) is 14.4. The van der Waals surface area contributed by atoms with Gasteiger partial charge in [0.2, 0.25) is 5.91 Å². The molecule has 0 aliphatic heterocycles. The number of nitrogens with one attached hydrogen (secondary N) is 1. The Morgan fingerprint density at radius 3 is 2.80 bits per heavy atom. The van der Waals surface area contributed by atoms with Crippen LogP contribution in [0.3, 0.4) is 0 Å². The van der Waals surface area contributed by atoms with Crippen LogP contribution in [-0.4, -0.2) is 16.1 Å². The third-order valence-electron chi connectivity index (χ3n) is 2.81. The minimum atomic E-state index is -0.221. The molecule has 1 aromatic heterocycles. The molecule has 4 nitrogen and oxygen atoms in total. The summed E-state index contributed by atoms with van der Waals surface area (Å²) >= 11 is 1.43. The van der Waals surface area contributed by atoms with Gasteiger partial charge in [-0.3, -0.25) is 4.79 Å². The maximum Gasteiger partial charge on any atom is 0.237 e. The van der Waals surface area contributed by atoms with E-state index in [2.05, 4.69) is 10.3 Å². The van der Waals surface area contributed by atoms with Crippen molar-refractivity contribution in [3.05, 3.63) is 48.2 Å². The Kier molecular flexibility index (Phi) is 4.63. The molecule has 0 spiro atoms. The van der Waals surface area contributed by atoms with Crippen LogP contribution in [0.15, 0.2) is 47.6 Å². The van der Waals surface area contributed by atoms with Gasteiger partial charge in [0.1, 0.15) is 0 Å². The fourth-order valence-corrected chi connectivity index (χ4v) is 2.52. The molecule has 20 heavy (non-hydrogen) atoms. The van der Waals surface area contributed by atoms with Crippen molar-refractivity contribution in [1.29, 1.82) is 0 Å². The summed E-state index contributed by atoms with van der Waals surface area (Å²) in [6, 6.07) is 11.1. The molecule has 2 rings (SSSR count). The highest BCUT2D eigenvalue weighted by atomic mass is 32.2. The number of rotatable bonds is 4. The van der Waals surface area contributed by atoms with E-state index in [1.54, 1.807) is 12.3 Å². The number of thioether (sulfide) groups is 1. The molecule has 0 bridgehead atoms. The zero-order valence-electron chi connectivity index (χ0n) is 11.5. The van der Waals surface area contributed by atoms with Gasteiger partial charge in [-0.25, -0.2) is 4.98 Å². The van der Waals surface area contributed by atoms with Gasteiger partial charge < -0.3 is 11.1 Å². The molecular weight excluding hydrogens is 270 g/mol. The van der Waals surface area contributed by atoms with Crippen molar-refractivity contribution >= 4 is 29.0 Å². The number of nitrogen functional groups attached to an aromatic ring is 1. The lowest BCUT2D eigenvalue weighted by atomic mass is 10.2. The number of benzene rings is 1. The van der Waals surface area contributed by atoms with Crippen molar-refractivity contribution in [2.45, 2.75) is 24.1 Å². The van der Waals surface area contributed by atoms with Gasteiger partial charge in [-0.2, -0.15) is 0 Å². The second kappa shape index (κ2) is 6.43. The van der Waals surface area contributed by atoms with E-state index in [0.717, 1.165) is 16.3 Å². The molecule has 0 aliphatic rings. The van der Waals surface area contributed by atoms with Crippen LogP contribution in [0.25, 0.3) is 0 Å². The summed E-state index contributed by atoms with van der Waals surface area (Å²) in [5, 5.41) is 3.53. The highest BCUT2D eigenvalue weighted by Gasteiger charge is 2.15. The van der Waals surface area contributed by atoms with E-state index in [9.17, 15) is 4.79 Å². The number of nitrogens with zero attached hydrogens (tertiary/aromatic N) is 1. The van der Waals surface area contributed by atoms with Crippen molar-refractivity contribution in [2.75, 3.05) is 11.1 Å².